The molecule has 1 aromatic rings. The molecule has 0 aliphatic heterocycles. The number of allylic oxidation sites excluding steroid dienone is 2. The Bertz CT molecular complexity index is 627. The highest BCUT2D eigenvalue weighted by atomic mass is 16.5. The van der Waals surface area contributed by atoms with Crippen molar-refractivity contribution in [1.29, 1.82) is 0 Å². The molecule has 0 aliphatic carbocycles. The first-order valence-corrected chi connectivity index (χ1v) is 12.4. The summed E-state index contributed by atoms with van der Waals surface area (Å²) in [4.78, 5) is 11.9. The maximum atomic E-state index is 11.9. The topological polar surface area (TPSA) is 72.6 Å². The normalized spacial score (nSPS) is 12.3. The summed E-state index contributed by atoms with van der Waals surface area (Å²) >= 11 is 0. The molecule has 0 fully saturated rings. The van der Waals surface area contributed by atoms with Crippen LogP contribution in [0.4, 0.5) is 0 Å². The van der Waals surface area contributed by atoms with Crippen molar-refractivity contribution >= 4 is 5.91 Å². The third-order valence-corrected chi connectivity index (χ3v) is 5.95. The first kappa shape index (κ1) is 27.1. The SMILES string of the molecule is CCCCCCCCC=CCCCCCCCCC(C(N)=O)c1ccc(O)c(OC)c1. The largest absolute Gasteiger partial charge is 0.504 e. The van der Waals surface area contributed by atoms with Crippen LogP contribution in [0.15, 0.2) is 30.4 Å². The van der Waals surface area contributed by atoms with Crippen LogP contribution in [0.25, 0.3) is 0 Å². The van der Waals surface area contributed by atoms with E-state index in [1.165, 1.54) is 84.2 Å². The number of hydrogen-bond donors (Lipinski definition) is 2. The lowest BCUT2D eigenvalue weighted by atomic mass is 9.92. The molecule has 0 radical (unpaired) electrons. The number of carbonyl (C=O) groups excluding carboxylic acids is 1. The Morgan fingerprint density at radius 1 is 0.935 bits per heavy atom. The monoisotopic (exact) mass is 431 g/mol. The highest BCUT2D eigenvalue weighted by Gasteiger charge is 2.19. The van der Waals surface area contributed by atoms with E-state index in [0.717, 1.165) is 24.8 Å². The van der Waals surface area contributed by atoms with Gasteiger partial charge in [0.05, 0.1) is 13.0 Å². The summed E-state index contributed by atoms with van der Waals surface area (Å²) in [6.45, 7) is 2.26. The first-order valence-electron chi connectivity index (χ1n) is 12.4. The minimum atomic E-state index is -0.328. The van der Waals surface area contributed by atoms with Crippen molar-refractivity contribution in [3.63, 3.8) is 0 Å². The molecule has 0 bridgehead atoms. The van der Waals surface area contributed by atoms with Gasteiger partial charge in [-0.25, -0.2) is 0 Å². The smallest absolute Gasteiger partial charge is 0.224 e. The molecule has 4 nitrogen and oxygen atoms in total. The van der Waals surface area contributed by atoms with E-state index in [1.807, 2.05) is 0 Å². The van der Waals surface area contributed by atoms with E-state index < -0.39 is 0 Å². The second-order valence-corrected chi connectivity index (χ2v) is 8.61. The van der Waals surface area contributed by atoms with Crippen molar-refractivity contribution in [3.05, 3.63) is 35.9 Å². The van der Waals surface area contributed by atoms with Gasteiger partial charge in [0, 0.05) is 0 Å². The molecule has 31 heavy (non-hydrogen) atoms. The number of nitrogens with two attached hydrogens (primary N) is 1. The molecule has 0 aromatic heterocycles. The van der Waals surface area contributed by atoms with Gasteiger partial charge in [-0.15, -0.1) is 0 Å². The number of phenolic OH excluding ortho intramolecular Hbond substituents is 1. The predicted octanol–water partition coefficient (Wildman–Crippen LogP) is 7.40. The average Bonchev–Trinajstić information content (AvgIpc) is 2.76. The number of aromatic hydroxyl groups is 1. The van der Waals surface area contributed by atoms with Gasteiger partial charge in [-0.2, -0.15) is 0 Å². The third-order valence-electron chi connectivity index (χ3n) is 5.95. The molecule has 176 valence electrons. The quantitative estimate of drug-likeness (QED) is 0.177. The molecule has 1 aromatic carbocycles. The molecule has 0 saturated heterocycles. The van der Waals surface area contributed by atoms with Crippen LogP contribution in [0.5, 0.6) is 11.5 Å². The number of primary amides is 1. The van der Waals surface area contributed by atoms with E-state index in [2.05, 4.69) is 19.1 Å². The lowest BCUT2D eigenvalue weighted by Crippen LogP contribution is -2.21. The van der Waals surface area contributed by atoms with Crippen molar-refractivity contribution in [2.24, 2.45) is 5.73 Å². The Morgan fingerprint density at radius 3 is 2.03 bits per heavy atom. The lowest BCUT2D eigenvalue weighted by molar-refractivity contribution is -0.119. The van der Waals surface area contributed by atoms with Crippen molar-refractivity contribution < 1.29 is 14.6 Å². The zero-order valence-corrected chi connectivity index (χ0v) is 19.9. The van der Waals surface area contributed by atoms with Crippen LogP contribution in [0.1, 0.15) is 115 Å². The molecule has 1 rings (SSSR count). The van der Waals surface area contributed by atoms with Crippen molar-refractivity contribution in [2.45, 2.75) is 109 Å². The second kappa shape index (κ2) is 17.7. The molecule has 1 amide bonds. The molecule has 0 spiro atoms. The predicted molar refractivity (Wildman–Crippen MR) is 131 cm³/mol. The standard InChI is InChI=1S/C27H45NO3/c1-3-4-5-6-7-8-9-10-11-12-13-14-15-16-17-18-19-24(27(28)30)23-20-21-25(29)26(22-23)31-2/h10-11,20-22,24,29H,3-9,12-19H2,1-2H3,(H2,28,30). The van der Waals surface area contributed by atoms with Gasteiger partial charge in [-0.3, -0.25) is 4.79 Å². The van der Waals surface area contributed by atoms with Gasteiger partial charge >= 0.3 is 0 Å². The summed E-state index contributed by atoms with van der Waals surface area (Å²) in [6, 6.07) is 5.03. The zero-order chi connectivity index (χ0) is 22.7. The van der Waals surface area contributed by atoms with E-state index in [0.29, 0.717) is 5.75 Å². The minimum Gasteiger partial charge on any atom is -0.504 e. The number of amides is 1. The van der Waals surface area contributed by atoms with E-state index >= 15 is 0 Å². The Hall–Kier alpha value is -1.97. The second-order valence-electron chi connectivity index (χ2n) is 8.61. The fraction of sp³-hybridized carbons (Fsp3) is 0.667. The molecule has 0 heterocycles. The zero-order valence-electron chi connectivity index (χ0n) is 19.9. The maximum absolute atomic E-state index is 11.9. The summed E-state index contributed by atoms with van der Waals surface area (Å²) in [5, 5.41) is 9.73. The van der Waals surface area contributed by atoms with E-state index in [1.54, 1.807) is 18.2 Å². The lowest BCUT2D eigenvalue weighted by Gasteiger charge is -2.15. The van der Waals surface area contributed by atoms with E-state index in [-0.39, 0.29) is 17.6 Å². The average molecular weight is 432 g/mol. The number of benzene rings is 1. The number of carbonyl (C=O) groups is 1. The Morgan fingerprint density at radius 2 is 1.48 bits per heavy atom. The van der Waals surface area contributed by atoms with Crippen LogP contribution in [-0.2, 0) is 4.79 Å². The molecule has 3 N–H and O–H groups in total. The van der Waals surface area contributed by atoms with Crippen LogP contribution in [0, 0.1) is 0 Å². The number of hydrogen-bond acceptors (Lipinski definition) is 3. The van der Waals surface area contributed by atoms with Gasteiger partial charge in [0.15, 0.2) is 11.5 Å². The van der Waals surface area contributed by atoms with Crippen molar-refractivity contribution in [1.82, 2.24) is 0 Å². The third kappa shape index (κ3) is 12.5. The summed E-state index contributed by atoms with van der Waals surface area (Å²) in [5.74, 6) is -0.191. The van der Waals surface area contributed by atoms with E-state index in [9.17, 15) is 9.90 Å². The van der Waals surface area contributed by atoms with Gasteiger partial charge in [0.25, 0.3) is 0 Å². The van der Waals surface area contributed by atoms with Crippen LogP contribution in [-0.4, -0.2) is 18.1 Å². The number of rotatable bonds is 19. The van der Waals surface area contributed by atoms with Gasteiger partial charge in [0.1, 0.15) is 0 Å². The fourth-order valence-corrected chi connectivity index (χ4v) is 3.98. The highest BCUT2D eigenvalue weighted by molar-refractivity contribution is 5.82. The molecule has 4 heteroatoms. The molecule has 0 saturated carbocycles. The number of methoxy groups -OCH3 is 1. The van der Waals surface area contributed by atoms with E-state index in [4.69, 9.17) is 10.5 Å². The summed E-state index contributed by atoms with van der Waals surface area (Å²) in [6.07, 6.45) is 23.2. The van der Waals surface area contributed by atoms with Gasteiger partial charge in [-0.05, 0) is 49.8 Å². The summed E-state index contributed by atoms with van der Waals surface area (Å²) < 4.78 is 5.14. The van der Waals surface area contributed by atoms with Gasteiger partial charge in [0.2, 0.25) is 5.91 Å². The van der Waals surface area contributed by atoms with Crippen molar-refractivity contribution in [2.75, 3.05) is 7.11 Å². The maximum Gasteiger partial charge on any atom is 0.224 e. The summed E-state index contributed by atoms with van der Waals surface area (Å²) in [5.41, 5.74) is 6.43. The number of unbranched alkanes of at least 4 members (excludes halogenated alkanes) is 12. The van der Waals surface area contributed by atoms with Crippen LogP contribution in [0.3, 0.4) is 0 Å². The first-order chi connectivity index (χ1) is 15.1. The Kier molecular flexibility index (Phi) is 15.4. The van der Waals surface area contributed by atoms with Crippen molar-refractivity contribution in [3.8, 4) is 11.5 Å². The van der Waals surface area contributed by atoms with Crippen LogP contribution < -0.4 is 10.5 Å². The van der Waals surface area contributed by atoms with Crippen LogP contribution >= 0.6 is 0 Å². The minimum absolute atomic E-state index is 0.0757. The Labute approximate surface area is 190 Å². The molecule has 1 atom stereocenters. The highest BCUT2D eigenvalue weighted by Crippen LogP contribution is 2.31. The van der Waals surface area contributed by atoms with Crippen LogP contribution in [0.2, 0.25) is 0 Å². The summed E-state index contributed by atoms with van der Waals surface area (Å²) in [7, 11) is 1.50. The molecular weight excluding hydrogens is 386 g/mol. The molecular formula is C27H45NO3. The fourth-order valence-electron chi connectivity index (χ4n) is 3.98. The molecule has 1 unspecified atom stereocenters. The molecule has 0 aliphatic rings. The number of ether oxygens (including phenoxy) is 1. The number of phenols is 1. The van der Waals surface area contributed by atoms with Gasteiger partial charge < -0.3 is 15.6 Å². The Balaban J connectivity index is 2.08. The van der Waals surface area contributed by atoms with Gasteiger partial charge in [-0.1, -0.05) is 89.4 Å².